The number of carbonyl (C=O) groups is 2. The predicted octanol–water partition coefficient (Wildman–Crippen LogP) is 3.82. The number of furan rings is 1. The lowest BCUT2D eigenvalue weighted by molar-refractivity contribution is -0.384. The molecule has 0 bridgehead atoms. The molecule has 2 heterocycles. The van der Waals surface area contributed by atoms with Crippen LogP contribution in [0.15, 0.2) is 76.9 Å². The largest absolute Gasteiger partial charge is 0.507 e. The number of nitro groups is 1. The summed E-state index contributed by atoms with van der Waals surface area (Å²) in [5.41, 5.74) is 0.164. The molecule has 0 aliphatic carbocycles. The minimum atomic E-state index is -0.950. The van der Waals surface area contributed by atoms with Crippen molar-refractivity contribution in [2.45, 2.75) is 12.6 Å². The normalized spacial score (nSPS) is 17.5. The van der Waals surface area contributed by atoms with Crippen LogP contribution in [0.4, 0.5) is 5.69 Å². The SMILES string of the molecule is COc1cccc([C@H]2/C(=C(\O)c3cccc([N+](=O)[O-])c3)C(=O)C(=O)N2Cc2ccco2)c1. The van der Waals surface area contributed by atoms with Gasteiger partial charge in [0, 0.05) is 17.7 Å². The van der Waals surface area contributed by atoms with Crippen LogP contribution in [0.2, 0.25) is 0 Å². The lowest BCUT2D eigenvalue weighted by Gasteiger charge is -2.24. The molecule has 3 aromatic rings. The number of ether oxygens (including phenoxy) is 1. The Balaban J connectivity index is 1.89. The molecule has 32 heavy (non-hydrogen) atoms. The first-order valence-corrected chi connectivity index (χ1v) is 9.60. The Morgan fingerprint density at radius 2 is 1.94 bits per heavy atom. The minimum Gasteiger partial charge on any atom is -0.507 e. The average Bonchev–Trinajstić information content (AvgIpc) is 3.41. The highest BCUT2D eigenvalue weighted by Gasteiger charge is 2.46. The Morgan fingerprint density at radius 1 is 1.16 bits per heavy atom. The highest BCUT2D eigenvalue weighted by molar-refractivity contribution is 6.46. The van der Waals surface area contributed by atoms with Gasteiger partial charge in [-0.2, -0.15) is 0 Å². The van der Waals surface area contributed by atoms with Crippen LogP contribution in [0, 0.1) is 10.1 Å². The first-order chi connectivity index (χ1) is 15.4. The Morgan fingerprint density at radius 3 is 2.62 bits per heavy atom. The molecule has 1 N–H and O–H groups in total. The molecule has 1 fully saturated rings. The third-order valence-corrected chi connectivity index (χ3v) is 5.19. The van der Waals surface area contributed by atoms with Gasteiger partial charge in [0.1, 0.15) is 17.3 Å². The molecule has 1 aliphatic heterocycles. The van der Waals surface area contributed by atoms with Gasteiger partial charge in [0.2, 0.25) is 0 Å². The van der Waals surface area contributed by atoms with Gasteiger partial charge in [0.05, 0.1) is 36.5 Å². The number of hydrogen-bond acceptors (Lipinski definition) is 7. The first kappa shape index (κ1) is 20.9. The molecule has 0 radical (unpaired) electrons. The van der Waals surface area contributed by atoms with E-state index in [1.165, 1.54) is 36.5 Å². The van der Waals surface area contributed by atoms with Crippen LogP contribution in [-0.2, 0) is 16.1 Å². The summed E-state index contributed by atoms with van der Waals surface area (Å²) in [6, 6.07) is 14.4. The molecule has 162 valence electrons. The van der Waals surface area contributed by atoms with Crippen molar-refractivity contribution in [2.24, 2.45) is 0 Å². The summed E-state index contributed by atoms with van der Waals surface area (Å²) in [7, 11) is 1.49. The second kappa shape index (κ2) is 8.38. The topological polar surface area (TPSA) is 123 Å². The summed E-state index contributed by atoms with van der Waals surface area (Å²) in [4.78, 5) is 37.8. The minimum absolute atomic E-state index is 0.00876. The lowest BCUT2D eigenvalue weighted by Crippen LogP contribution is -2.29. The van der Waals surface area contributed by atoms with Gasteiger partial charge in [0.15, 0.2) is 0 Å². The highest BCUT2D eigenvalue weighted by Crippen LogP contribution is 2.41. The molecule has 1 aliphatic rings. The van der Waals surface area contributed by atoms with E-state index in [2.05, 4.69) is 0 Å². The fourth-order valence-electron chi connectivity index (χ4n) is 3.69. The number of methoxy groups -OCH3 is 1. The number of hydrogen-bond donors (Lipinski definition) is 1. The van der Waals surface area contributed by atoms with Gasteiger partial charge in [-0.15, -0.1) is 0 Å². The summed E-state index contributed by atoms with van der Waals surface area (Å²) < 4.78 is 10.6. The Hall–Kier alpha value is -4.40. The van der Waals surface area contributed by atoms with Crippen LogP contribution in [0.3, 0.4) is 0 Å². The molecular formula is C23H18N2O7. The predicted molar refractivity (Wildman–Crippen MR) is 113 cm³/mol. The molecule has 9 heteroatoms. The van der Waals surface area contributed by atoms with Crippen molar-refractivity contribution >= 4 is 23.1 Å². The number of carbonyl (C=O) groups excluding carboxylic acids is 2. The molecule has 0 unspecified atom stereocenters. The van der Waals surface area contributed by atoms with E-state index >= 15 is 0 Å². The van der Waals surface area contributed by atoms with Crippen molar-refractivity contribution in [2.75, 3.05) is 7.11 Å². The summed E-state index contributed by atoms with van der Waals surface area (Å²) in [6.07, 6.45) is 1.45. The van der Waals surface area contributed by atoms with E-state index < -0.39 is 28.4 Å². The van der Waals surface area contributed by atoms with Crippen LogP contribution < -0.4 is 4.74 Å². The van der Waals surface area contributed by atoms with Crippen molar-refractivity contribution in [1.29, 1.82) is 0 Å². The maximum atomic E-state index is 13.0. The quantitative estimate of drug-likeness (QED) is 0.206. The summed E-state index contributed by atoms with van der Waals surface area (Å²) >= 11 is 0. The van der Waals surface area contributed by atoms with E-state index in [-0.39, 0.29) is 23.4 Å². The zero-order valence-corrected chi connectivity index (χ0v) is 16.9. The molecule has 4 rings (SSSR count). The van der Waals surface area contributed by atoms with Crippen LogP contribution in [0.1, 0.15) is 22.9 Å². The molecule has 1 amide bonds. The molecule has 1 aromatic heterocycles. The van der Waals surface area contributed by atoms with E-state index in [1.807, 2.05) is 0 Å². The van der Waals surface area contributed by atoms with Gasteiger partial charge in [-0.3, -0.25) is 19.7 Å². The number of nitro benzene ring substituents is 1. The summed E-state index contributed by atoms with van der Waals surface area (Å²) in [5, 5.41) is 22.2. The molecule has 2 aromatic carbocycles. The van der Waals surface area contributed by atoms with Gasteiger partial charge in [-0.1, -0.05) is 24.3 Å². The van der Waals surface area contributed by atoms with Gasteiger partial charge in [-0.25, -0.2) is 0 Å². The Bertz CT molecular complexity index is 1230. The number of Topliss-reactive ketones (excluding diaryl/α,β-unsaturated/α-hetero) is 1. The third kappa shape index (κ3) is 3.71. The van der Waals surface area contributed by atoms with Crippen molar-refractivity contribution in [1.82, 2.24) is 4.90 Å². The second-order valence-corrected chi connectivity index (χ2v) is 7.09. The molecule has 1 atom stereocenters. The summed E-state index contributed by atoms with van der Waals surface area (Å²) in [5.74, 6) is -1.26. The third-order valence-electron chi connectivity index (χ3n) is 5.19. The number of aliphatic hydroxyl groups excluding tert-OH is 1. The van der Waals surface area contributed by atoms with Crippen molar-refractivity contribution < 1.29 is 28.8 Å². The van der Waals surface area contributed by atoms with Crippen LogP contribution >= 0.6 is 0 Å². The maximum Gasteiger partial charge on any atom is 0.296 e. The van der Waals surface area contributed by atoms with Gasteiger partial charge < -0.3 is 19.2 Å². The number of non-ortho nitro benzene ring substituents is 1. The zero-order chi connectivity index (χ0) is 22.8. The molecule has 0 spiro atoms. The van der Waals surface area contributed by atoms with E-state index in [0.29, 0.717) is 17.1 Å². The number of aliphatic hydroxyl groups is 1. The number of likely N-dealkylation sites (tertiary alicyclic amines) is 1. The van der Waals surface area contributed by atoms with Crippen molar-refractivity contribution in [3.05, 3.63) is 99.5 Å². The molecular weight excluding hydrogens is 416 g/mol. The van der Waals surface area contributed by atoms with Crippen molar-refractivity contribution in [3.63, 3.8) is 0 Å². The monoisotopic (exact) mass is 434 g/mol. The summed E-state index contributed by atoms with van der Waals surface area (Å²) in [6.45, 7) is -0.00876. The van der Waals surface area contributed by atoms with Crippen LogP contribution in [-0.4, -0.2) is 33.7 Å². The number of amides is 1. The number of nitrogens with zero attached hydrogens (tertiary/aromatic N) is 2. The number of rotatable bonds is 6. The second-order valence-electron chi connectivity index (χ2n) is 7.09. The average molecular weight is 434 g/mol. The maximum absolute atomic E-state index is 13.0. The number of ketones is 1. The molecule has 1 saturated heterocycles. The first-order valence-electron chi connectivity index (χ1n) is 9.60. The van der Waals surface area contributed by atoms with Gasteiger partial charge >= 0.3 is 0 Å². The van der Waals surface area contributed by atoms with Gasteiger partial charge in [0.25, 0.3) is 17.4 Å². The highest BCUT2D eigenvalue weighted by atomic mass is 16.6. The molecule has 0 saturated carbocycles. The fraction of sp³-hybridized carbons (Fsp3) is 0.130. The fourth-order valence-corrected chi connectivity index (χ4v) is 3.69. The zero-order valence-electron chi connectivity index (χ0n) is 16.9. The van der Waals surface area contributed by atoms with E-state index in [1.54, 1.807) is 36.4 Å². The smallest absolute Gasteiger partial charge is 0.296 e. The van der Waals surface area contributed by atoms with Crippen molar-refractivity contribution in [3.8, 4) is 5.75 Å². The van der Waals surface area contributed by atoms with E-state index in [9.17, 15) is 24.8 Å². The van der Waals surface area contributed by atoms with E-state index in [0.717, 1.165) is 6.07 Å². The van der Waals surface area contributed by atoms with E-state index in [4.69, 9.17) is 9.15 Å². The number of benzene rings is 2. The van der Waals surface area contributed by atoms with Gasteiger partial charge in [-0.05, 0) is 29.8 Å². The standard InChI is InChI=1S/C23H18N2O7/c1-31-17-8-3-5-14(12-17)20-19(21(26)15-6-2-7-16(11-15)25(29)30)22(27)23(28)24(20)13-18-9-4-10-32-18/h2-12,20,26H,13H2,1H3/b21-19+/t20-/m0/s1. The lowest BCUT2D eigenvalue weighted by atomic mass is 9.95. The Kier molecular flexibility index (Phi) is 5.46. The molecule has 9 nitrogen and oxygen atoms in total. The van der Waals surface area contributed by atoms with Crippen LogP contribution in [0.5, 0.6) is 5.75 Å². The Labute approximate surface area is 182 Å². The van der Waals surface area contributed by atoms with Crippen LogP contribution in [0.25, 0.3) is 5.76 Å².